The van der Waals surface area contributed by atoms with Gasteiger partial charge in [0.1, 0.15) is 6.04 Å². The zero-order chi connectivity index (χ0) is 27.7. The van der Waals surface area contributed by atoms with Crippen LogP contribution in [0.2, 0.25) is 0 Å². The zero-order valence-corrected chi connectivity index (χ0v) is 22.5. The van der Waals surface area contributed by atoms with E-state index in [1.54, 1.807) is 18.5 Å². The lowest BCUT2D eigenvalue weighted by Crippen LogP contribution is -2.58. The number of carbonyl (C=O) groups is 2. The number of thiazole rings is 1. The molecule has 1 unspecified atom stereocenters. The molecule has 39 heavy (non-hydrogen) atoms. The number of hydrogen-bond donors (Lipinski definition) is 2. The molecule has 1 aromatic carbocycles. The second kappa shape index (κ2) is 11.5. The Morgan fingerprint density at radius 1 is 1.26 bits per heavy atom. The summed E-state index contributed by atoms with van der Waals surface area (Å²) in [6.07, 6.45) is 3.06. The quantitative estimate of drug-likeness (QED) is 0.471. The second-order valence-corrected chi connectivity index (χ2v) is 10.9. The molecule has 9 nitrogen and oxygen atoms in total. The van der Waals surface area contributed by atoms with Crippen molar-refractivity contribution in [3.8, 4) is 0 Å². The van der Waals surface area contributed by atoms with Crippen LogP contribution in [-0.4, -0.2) is 71.2 Å². The number of carbonyl (C=O) groups excluding carboxylic acids is 1. The fourth-order valence-electron chi connectivity index (χ4n) is 5.76. The molecule has 0 radical (unpaired) electrons. The van der Waals surface area contributed by atoms with Gasteiger partial charge in [0, 0.05) is 42.3 Å². The van der Waals surface area contributed by atoms with Crippen LogP contribution in [-0.2, 0) is 19.1 Å². The van der Waals surface area contributed by atoms with Crippen molar-refractivity contribution in [3.63, 3.8) is 0 Å². The second-order valence-electron chi connectivity index (χ2n) is 9.98. The van der Waals surface area contributed by atoms with E-state index in [2.05, 4.69) is 15.2 Å². The zero-order valence-electron chi connectivity index (χ0n) is 21.7. The Morgan fingerprint density at radius 2 is 2.00 bits per heavy atom. The summed E-state index contributed by atoms with van der Waals surface area (Å²) in [5, 5.41) is 15.0. The Bertz CT molecular complexity index is 1300. The number of fused-ring (bicyclic) bond motifs is 2. The molecule has 2 fully saturated rings. The van der Waals surface area contributed by atoms with Crippen molar-refractivity contribution in [3.05, 3.63) is 62.7 Å². The predicted molar refractivity (Wildman–Crippen MR) is 139 cm³/mol. The molecular formula is C27H30F2N4O5S. The first-order chi connectivity index (χ1) is 18.8. The number of esters is 1. The van der Waals surface area contributed by atoms with Gasteiger partial charge in [-0.05, 0) is 49.8 Å². The number of halogens is 2. The van der Waals surface area contributed by atoms with Gasteiger partial charge in [0.25, 0.3) is 0 Å². The van der Waals surface area contributed by atoms with Gasteiger partial charge >= 0.3 is 11.9 Å². The van der Waals surface area contributed by atoms with Crippen LogP contribution in [0.1, 0.15) is 48.4 Å². The summed E-state index contributed by atoms with van der Waals surface area (Å²) in [7, 11) is 0. The maximum atomic E-state index is 14.7. The van der Waals surface area contributed by atoms with Crippen molar-refractivity contribution in [1.82, 2.24) is 15.2 Å². The number of amidine groups is 1. The number of morpholine rings is 1. The lowest BCUT2D eigenvalue weighted by molar-refractivity contribution is -0.141. The van der Waals surface area contributed by atoms with Crippen LogP contribution in [0.15, 0.2) is 40.0 Å². The molecular weight excluding hydrogens is 530 g/mol. The molecule has 208 valence electrons. The van der Waals surface area contributed by atoms with Crippen LogP contribution in [0.5, 0.6) is 0 Å². The molecule has 3 aliphatic heterocycles. The average Bonchev–Trinajstić information content (AvgIpc) is 3.42. The highest BCUT2D eigenvalue weighted by Crippen LogP contribution is 2.38. The summed E-state index contributed by atoms with van der Waals surface area (Å²) in [6, 6.07) is 1.46. The minimum absolute atomic E-state index is 0.0368. The van der Waals surface area contributed by atoms with E-state index in [1.165, 1.54) is 24.3 Å². The number of benzene rings is 1. The van der Waals surface area contributed by atoms with Crippen molar-refractivity contribution in [2.24, 2.45) is 10.9 Å². The van der Waals surface area contributed by atoms with Crippen molar-refractivity contribution in [1.29, 1.82) is 0 Å². The summed E-state index contributed by atoms with van der Waals surface area (Å²) in [6.45, 7) is 4.51. The third kappa shape index (κ3) is 5.59. The number of rotatable bonds is 8. The van der Waals surface area contributed by atoms with Crippen molar-refractivity contribution < 1.29 is 33.0 Å². The molecule has 0 amide bonds. The Morgan fingerprint density at radius 3 is 2.64 bits per heavy atom. The van der Waals surface area contributed by atoms with Gasteiger partial charge in [-0.2, -0.15) is 0 Å². The molecule has 2 bridgehead atoms. The predicted octanol–water partition coefficient (Wildman–Crippen LogP) is 3.59. The smallest absolute Gasteiger partial charge is 0.338 e. The van der Waals surface area contributed by atoms with Gasteiger partial charge in [-0.1, -0.05) is 6.07 Å². The van der Waals surface area contributed by atoms with Crippen molar-refractivity contribution in [2.45, 2.75) is 51.2 Å². The number of nitrogens with zero attached hydrogens (tertiary/aromatic N) is 3. The lowest BCUT2D eigenvalue weighted by atomic mass is 9.82. The van der Waals surface area contributed by atoms with Gasteiger partial charge in [0.2, 0.25) is 0 Å². The van der Waals surface area contributed by atoms with Crippen LogP contribution in [0, 0.1) is 24.5 Å². The molecule has 1 aromatic heterocycles. The third-order valence-corrected chi connectivity index (χ3v) is 8.29. The Kier molecular flexibility index (Phi) is 8.06. The SMILES string of the molecule is CCOC(=O)C1=C(CN2[C@@H]3COC[C@H]2CC(CC(=O)O)C3)NC(c2nccs2)=N[C@H]1c1ccc(F)c(F)c1C. The van der Waals surface area contributed by atoms with E-state index in [9.17, 15) is 23.5 Å². The molecule has 0 spiro atoms. The van der Waals surface area contributed by atoms with Gasteiger partial charge in [-0.15, -0.1) is 11.3 Å². The highest BCUT2D eigenvalue weighted by Gasteiger charge is 2.42. The molecule has 12 heteroatoms. The van der Waals surface area contributed by atoms with Crippen LogP contribution >= 0.6 is 11.3 Å². The first-order valence-corrected chi connectivity index (χ1v) is 13.8. The fourth-order valence-corrected chi connectivity index (χ4v) is 6.35. The Hall–Kier alpha value is -3.22. The Balaban J connectivity index is 1.58. The van der Waals surface area contributed by atoms with Crippen LogP contribution in [0.4, 0.5) is 8.78 Å². The lowest BCUT2D eigenvalue weighted by Gasteiger charge is -2.49. The topological polar surface area (TPSA) is 113 Å². The fraction of sp³-hybridized carbons (Fsp3) is 0.481. The molecule has 0 aliphatic carbocycles. The normalized spacial score (nSPS) is 25.2. The highest BCUT2D eigenvalue weighted by atomic mass is 32.1. The number of carboxylic acid groups (broad SMARTS) is 1. The van der Waals surface area contributed by atoms with Gasteiger partial charge in [-0.25, -0.2) is 18.6 Å². The molecule has 2 N–H and O–H groups in total. The largest absolute Gasteiger partial charge is 0.481 e. The standard InChI is InChI=1S/C27H30F2N4O5S/c1-3-38-27(36)22-20(11-33-16-8-15(10-21(34)35)9-17(33)13-37-12-16)31-25(26-30-6-7-39-26)32-24(22)18-4-5-19(28)23(29)14(18)2/h4-7,15-17,24H,3,8-13H2,1-2H3,(H,31,32)(H,34,35)/t15?,16-,17+,24-/m0/s1. The van der Waals surface area contributed by atoms with Gasteiger partial charge < -0.3 is 19.9 Å². The van der Waals surface area contributed by atoms with E-state index in [-0.39, 0.29) is 42.2 Å². The third-order valence-electron chi connectivity index (χ3n) is 7.51. The summed E-state index contributed by atoms with van der Waals surface area (Å²) >= 11 is 1.36. The van der Waals surface area contributed by atoms with E-state index >= 15 is 0 Å². The van der Waals surface area contributed by atoms with Crippen molar-refractivity contribution in [2.75, 3.05) is 26.4 Å². The number of aliphatic carboxylic acids is 1. The monoisotopic (exact) mass is 560 g/mol. The number of nitrogens with one attached hydrogen (secondary N) is 1. The minimum atomic E-state index is -0.992. The molecule has 4 heterocycles. The number of piperidine rings is 1. The van der Waals surface area contributed by atoms with Crippen LogP contribution in [0.25, 0.3) is 0 Å². The first-order valence-electron chi connectivity index (χ1n) is 12.9. The van der Waals surface area contributed by atoms with E-state index in [0.29, 0.717) is 54.7 Å². The van der Waals surface area contributed by atoms with E-state index in [4.69, 9.17) is 14.5 Å². The van der Waals surface area contributed by atoms with E-state index < -0.39 is 29.6 Å². The maximum Gasteiger partial charge on any atom is 0.338 e. The number of ether oxygens (including phenoxy) is 2. The van der Waals surface area contributed by atoms with Gasteiger partial charge in [0.05, 0.1) is 25.4 Å². The number of carboxylic acids is 1. The van der Waals surface area contributed by atoms with Crippen molar-refractivity contribution >= 4 is 29.1 Å². The number of aliphatic imine (C=N–C) groups is 1. The maximum absolute atomic E-state index is 14.7. The first kappa shape index (κ1) is 27.4. The number of aromatic nitrogens is 1. The molecule has 3 aliphatic rings. The number of hydrogen-bond acceptors (Lipinski definition) is 9. The summed E-state index contributed by atoms with van der Waals surface area (Å²) in [4.78, 5) is 36.2. The summed E-state index contributed by atoms with van der Waals surface area (Å²) in [5.74, 6) is -2.92. The van der Waals surface area contributed by atoms with Crippen LogP contribution in [0.3, 0.4) is 0 Å². The van der Waals surface area contributed by atoms with Crippen LogP contribution < -0.4 is 5.32 Å². The molecule has 4 atom stereocenters. The van der Waals surface area contributed by atoms with Gasteiger partial charge in [-0.3, -0.25) is 14.7 Å². The van der Waals surface area contributed by atoms with E-state index in [0.717, 1.165) is 6.07 Å². The molecule has 5 rings (SSSR count). The molecule has 0 saturated carbocycles. The van der Waals surface area contributed by atoms with E-state index in [1.807, 2.05) is 0 Å². The minimum Gasteiger partial charge on any atom is -0.481 e. The molecule has 2 saturated heterocycles. The Labute approximate surface area is 228 Å². The summed E-state index contributed by atoms with van der Waals surface area (Å²) < 4.78 is 40.0. The average molecular weight is 561 g/mol. The molecule has 2 aromatic rings. The summed E-state index contributed by atoms with van der Waals surface area (Å²) in [5.41, 5.74) is 1.17. The van der Waals surface area contributed by atoms with Gasteiger partial charge in [0.15, 0.2) is 22.5 Å². The highest BCUT2D eigenvalue weighted by molar-refractivity contribution is 7.11.